The summed E-state index contributed by atoms with van der Waals surface area (Å²) in [5.41, 5.74) is 3.35. The molecule has 10 heteroatoms. The molecule has 9 nitrogen and oxygen atoms in total. The topological polar surface area (TPSA) is 97.6 Å². The molecule has 2 heterocycles. The van der Waals surface area contributed by atoms with E-state index in [9.17, 15) is 9.59 Å². The molecule has 1 aromatic heterocycles. The Kier molecular flexibility index (Phi) is 10.8. The fourth-order valence-electron chi connectivity index (χ4n) is 5.38. The second-order valence-corrected chi connectivity index (χ2v) is 12.1. The average Bonchev–Trinajstić information content (AvgIpc) is 3.39. The number of hydrogen-bond donors (Lipinski definition) is 0. The molecular weight excluding hydrogens is 616 g/mol. The maximum absolute atomic E-state index is 14.0. The lowest BCUT2D eigenvalue weighted by Crippen LogP contribution is -2.39. The third-order valence-electron chi connectivity index (χ3n) is 8.11. The number of allylic oxidation sites excluding steroid dienone is 1. The number of hydrogen-bond acceptors (Lipinski definition) is 9. The molecule has 1 aliphatic heterocycles. The van der Waals surface area contributed by atoms with Crippen LogP contribution in [0.2, 0.25) is 0 Å². The number of fused-ring (bicyclic) bond motifs is 1. The summed E-state index contributed by atoms with van der Waals surface area (Å²) in [6, 6.07) is 20.2. The Morgan fingerprint density at radius 2 is 1.64 bits per heavy atom. The standard InChI is InChI=1S/C37H40N2O7S/c1-7-23(3)26-10-16-29(17-11-26)45-19-20-46-30-18-9-25(21-31(30)43-6)22-32-35(40)39-34(27-12-14-28(42-5)15-13-27)33(36(41)44-8-2)24(4)38-37(39)47-32/h9-18,21-23,34H,7-8,19-20H2,1-6H3. The zero-order valence-corrected chi connectivity index (χ0v) is 28.4. The van der Waals surface area contributed by atoms with Gasteiger partial charge in [-0.05, 0) is 85.4 Å². The number of carbonyl (C=O) groups is 1. The van der Waals surface area contributed by atoms with Crippen LogP contribution in [0.5, 0.6) is 23.0 Å². The number of methoxy groups -OCH3 is 2. The van der Waals surface area contributed by atoms with Gasteiger partial charge in [-0.15, -0.1) is 0 Å². The number of esters is 1. The smallest absolute Gasteiger partial charge is 0.338 e. The van der Waals surface area contributed by atoms with Crippen LogP contribution in [0.4, 0.5) is 0 Å². The molecule has 0 aliphatic carbocycles. The molecule has 0 spiro atoms. The number of ether oxygens (including phenoxy) is 5. The van der Waals surface area contributed by atoms with Crippen molar-refractivity contribution in [1.82, 2.24) is 4.57 Å². The Balaban J connectivity index is 1.38. The summed E-state index contributed by atoms with van der Waals surface area (Å²) in [5.74, 6) is 2.57. The Bertz CT molecular complexity index is 1930. The first-order chi connectivity index (χ1) is 22.8. The Labute approximate surface area is 278 Å². The summed E-state index contributed by atoms with van der Waals surface area (Å²) < 4.78 is 30.2. The Hall–Kier alpha value is -4.83. The molecule has 0 bridgehead atoms. The molecule has 2 atom stereocenters. The molecule has 0 fully saturated rings. The number of carbonyl (C=O) groups excluding carboxylic acids is 1. The van der Waals surface area contributed by atoms with Gasteiger partial charge in [0.15, 0.2) is 16.3 Å². The van der Waals surface area contributed by atoms with Gasteiger partial charge in [0.25, 0.3) is 5.56 Å². The number of rotatable bonds is 13. The molecule has 3 aromatic carbocycles. The fraction of sp³-hybridized carbons (Fsp3) is 0.324. The predicted molar refractivity (Wildman–Crippen MR) is 183 cm³/mol. The lowest BCUT2D eigenvalue weighted by atomic mass is 9.96. The number of aromatic nitrogens is 1. The molecule has 0 N–H and O–H groups in total. The third kappa shape index (κ3) is 7.44. The fourth-order valence-corrected chi connectivity index (χ4v) is 6.42. The van der Waals surface area contributed by atoms with Gasteiger partial charge in [-0.2, -0.15) is 0 Å². The maximum atomic E-state index is 14.0. The Morgan fingerprint density at radius 3 is 2.30 bits per heavy atom. The molecular formula is C37H40N2O7S. The monoisotopic (exact) mass is 656 g/mol. The van der Waals surface area contributed by atoms with E-state index in [0.717, 1.165) is 23.3 Å². The van der Waals surface area contributed by atoms with Gasteiger partial charge in [-0.3, -0.25) is 9.36 Å². The van der Waals surface area contributed by atoms with Crippen molar-refractivity contribution in [1.29, 1.82) is 0 Å². The van der Waals surface area contributed by atoms with Crippen LogP contribution >= 0.6 is 11.3 Å². The zero-order valence-electron chi connectivity index (χ0n) is 27.6. The lowest BCUT2D eigenvalue weighted by Gasteiger charge is -2.24. The van der Waals surface area contributed by atoms with Crippen molar-refractivity contribution in [2.75, 3.05) is 34.0 Å². The minimum atomic E-state index is -0.705. The van der Waals surface area contributed by atoms with Gasteiger partial charge in [0.1, 0.15) is 24.7 Å². The SMILES string of the molecule is CCOC(=O)C1=C(C)N=c2sc(=Cc3ccc(OCCOc4ccc(C(C)CC)cc4)c(OC)c3)c(=O)n2C1c1ccc(OC)cc1. The van der Waals surface area contributed by atoms with Crippen molar-refractivity contribution < 1.29 is 28.5 Å². The van der Waals surface area contributed by atoms with Crippen molar-refractivity contribution in [2.24, 2.45) is 4.99 Å². The van der Waals surface area contributed by atoms with Crippen LogP contribution < -0.4 is 33.8 Å². The molecule has 1 aliphatic rings. The second kappa shape index (κ2) is 15.2. The molecule has 0 saturated carbocycles. The van der Waals surface area contributed by atoms with Gasteiger partial charge in [0, 0.05) is 0 Å². The largest absolute Gasteiger partial charge is 0.497 e. The van der Waals surface area contributed by atoms with Crippen LogP contribution in [-0.2, 0) is 9.53 Å². The van der Waals surface area contributed by atoms with E-state index in [4.69, 9.17) is 23.7 Å². The zero-order chi connectivity index (χ0) is 33.5. The van der Waals surface area contributed by atoms with Crippen LogP contribution in [0.1, 0.15) is 62.8 Å². The van der Waals surface area contributed by atoms with Crippen LogP contribution in [0.3, 0.4) is 0 Å². The van der Waals surface area contributed by atoms with E-state index in [-0.39, 0.29) is 12.2 Å². The molecule has 47 heavy (non-hydrogen) atoms. The van der Waals surface area contributed by atoms with E-state index in [1.54, 1.807) is 50.8 Å². The van der Waals surface area contributed by atoms with Crippen molar-refractivity contribution in [3.8, 4) is 23.0 Å². The summed E-state index contributed by atoms with van der Waals surface area (Å²) in [5, 5.41) is 0. The minimum absolute atomic E-state index is 0.205. The van der Waals surface area contributed by atoms with Gasteiger partial charge >= 0.3 is 5.97 Å². The van der Waals surface area contributed by atoms with Gasteiger partial charge in [-0.25, -0.2) is 9.79 Å². The minimum Gasteiger partial charge on any atom is -0.497 e. The van der Waals surface area contributed by atoms with Gasteiger partial charge in [-0.1, -0.05) is 55.5 Å². The van der Waals surface area contributed by atoms with Gasteiger partial charge < -0.3 is 23.7 Å². The van der Waals surface area contributed by atoms with Crippen molar-refractivity contribution >= 4 is 23.4 Å². The number of benzene rings is 3. The summed E-state index contributed by atoms with van der Waals surface area (Å²) in [6.07, 6.45) is 2.88. The first-order valence-electron chi connectivity index (χ1n) is 15.6. The third-order valence-corrected chi connectivity index (χ3v) is 9.09. The quantitative estimate of drug-likeness (QED) is 0.133. The van der Waals surface area contributed by atoms with Crippen LogP contribution in [0.25, 0.3) is 6.08 Å². The maximum Gasteiger partial charge on any atom is 0.338 e. The molecule has 5 rings (SSSR count). The van der Waals surface area contributed by atoms with Gasteiger partial charge in [0.05, 0.1) is 42.7 Å². The highest BCUT2D eigenvalue weighted by molar-refractivity contribution is 7.07. The average molecular weight is 657 g/mol. The van der Waals surface area contributed by atoms with Crippen LogP contribution in [0.15, 0.2) is 87.8 Å². The van der Waals surface area contributed by atoms with E-state index >= 15 is 0 Å². The molecule has 4 aromatic rings. The number of thiazole rings is 1. The molecule has 0 amide bonds. The highest BCUT2D eigenvalue weighted by Gasteiger charge is 2.33. The highest BCUT2D eigenvalue weighted by Crippen LogP contribution is 2.32. The van der Waals surface area contributed by atoms with Crippen molar-refractivity contribution in [2.45, 2.75) is 46.1 Å². The van der Waals surface area contributed by atoms with Gasteiger partial charge in [0.2, 0.25) is 0 Å². The van der Waals surface area contributed by atoms with Crippen LogP contribution in [-0.4, -0.2) is 44.6 Å². The van der Waals surface area contributed by atoms with Crippen molar-refractivity contribution in [3.05, 3.63) is 114 Å². The normalized spacial score (nSPS) is 15.0. The summed E-state index contributed by atoms with van der Waals surface area (Å²) in [6.45, 7) is 8.80. The lowest BCUT2D eigenvalue weighted by molar-refractivity contribution is -0.139. The van der Waals surface area contributed by atoms with E-state index in [1.807, 2.05) is 42.5 Å². The molecule has 0 saturated heterocycles. The molecule has 246 valence electrons. The Morgan fingerprint density at radius 1 is 0.936 bits per heavy atom. The summed E-state index contributed by atoms with van der Waals surface area (Å²) in [4.78, 5) is 32.2. The first kappa shape index (κ1) is 33.5. The van der Waals surface area contributed by atoms with E-state index < -0.39 is 12.0 Å². The summed E-state index contributed by atoms with van der Waals surface area (Å²) in [7, 11) is 3.16. The molecule has 0 radical (unpaired) electrons. The van der Waals surface area contributed by atoms with E-state index in [1.165, 1.54) is 16.9 Å². The highest BCUT2D eigenvalue weighted by atomic mass is 32.1. The second-order valence-electron chi connectivity index (χ2n) is 11.1. The van der Waals surface area contributed by atoms with Crippen molar-refractivity contribution in [3.63, 3.8) is 0 Å². The molecule has 2 unspecified atom stereocenters. The van der Waals surface area contributed by atoms with E-state index in [0.29, 0.717) is 57.0 Å². The number of nitrogens with zero attached hydrogens (tertiary/aromatic N) is 2. The first-order valence-corrected chi connectivity index (χ1v) is 16.5. The summed E-state index contributed by atoms with van der Waals surface area (Å²) >= 11 is 1.26. The van der Waals surface area contributed by atoms with E-state index in [2.05, 4.69) is 31.0 Å². The van der Waals surface area contributed by atoms with Crippen LogP contribution in [0, 0.1) is 0 Å². The predicted octanol–water partition coefficient (Wildman–Crippen LogP) is 5.79.